The molecule has 2 heterocycles. The molecule has 0 spiro atoms. The number of carbonyl (C=O) groups excluding carboxylic acids is 1. The summed E-state index contributed by atoms with van der Waals surface area (Å²) in [6, 6.07) is 0. The molecule has 1 amide bonds. The highest BCUT2D eigenvalue weighted by atomic mass is 35.5. The molecular weight excluding hydrogens is 314 g/mol. The van der Waals surface area contributed by atoms with Crippen LogP contribution in [0, 0.1) is 0 Å². The summed E-state index contributed by atoms with van der Waals surface area (Å²) in [4.78, 5) is 22.4. The Morgan fingerprint density at radius 2 is 1.96 bits per heavy atom. The maximum atomic E-state index is 12.1. The first-order valence-corrected chi connectivity index (χ1v) is 8.70. The number of fused-ring (bicyclic) bond motifs is 1. The van der Waals surface area contributed by atoms with E-state index in [1.807, 2.05) is 34.6 Å². The zero-order valence-corrected chi connectivity index (χ0v) is 15.8. The van der Waals surface area contributed by atoms with Gasteiger partial charge in [0.1, 0.15) is 5.60 Å². The van der Waals surface area contributed by atoms with Gasteiger partial charge in [-0.15, -0.1) is 0 Å². The van der Waals surface area contributed by atoms with Gasteiger partial charge < -0.3 is 9.64 Å². The second-order valence-electron chi connectivity index (χ2n) is 6.27. The van der Waals surface area contributed by atoms with E-state index in [-0.39, 0.29) is 11.4 Å². The van der Waals surface area contributed by atoms with Crippen LogP contribution < -0.4 is 0 Å². The van der Waals surface area contributed by atoms with E-state index >= 15 is 0 Å². The number of ether oxygens (including phenoxy) is 1. The van der Waals surface area contributed by atoms with Gasteiger partial charge >= 0.3 is 6.09 Å². The van der Waals surface area contributed by atoms with Gasteiger partial charge in [0.05, 0.1) is 12.2 Å². The van der Waals surface area contributed by atoms with Gasteiger partial charge in [-0.3, -0.25) is 0 Å². The summed E-state index contributed by atoms with van der Waals surface area (Å²) in [5.74, 6) is 0. The Morgan fingerprint density at radius 1 is 1.30 bits per heavy atom. The van der Waals surface area contributed by atoms with Crippen molar-refractivity contribution in [2.24, 2.45) is 0 Å². The number of aromatic nitrogens is 2. The van der Waals surface area contributed by atoms with Crippen LogP contribution in [0.1, 0.15) is 64.9 Å². The van der Waals surface area contributed by atoms with Crippen molar-refractivity contribution in [3.05, 3.63) is 22.2 Å². The lowest BCUT2D eigenvalue weighted by atomic mass is 10.0. The molecule has 5 nitrogen and oxygen atoms in total. The number of aryl methyl sites for hydroxylation is 1. The first-order valence-electron chi connectivity index (χ1n) is 8.32. The van der Waals surface area contributed by atoms with Crippen molar-refractivity contribution < 1.29 is 9.53 Å². The third-order valence-corrected chi connectivity index (χ3v) is 3.43. The zero-order valence-electron chi connectivity index (χ0n) is 15.1. The molecule has 0 bridgehead atoms. The first-order chi connectivity index (χ1) is 10.8. The van der Waals surface area contributed by atoms with E-state index in [2.05, 4.69) is 16.9 Å². The van der Waals surface area contributed by atoms with E-state index in [1.54, 1.807) is 4.90 Å². The summed E-state index contributed by atoms with van der Waals surface area (Å²) in [6.45, 7) is 12.8. The minimum Gasteiger partial charge on any atom is -0.444 e. The number of carbonyl (C=O) groups is 1. The lowest BCUT2D eigenvalue weighted by Gasteiger charge is -2.31. The molecule has 0 unspecified atom stereocenters. The molecule has 0 N–H and O–H groups in total. The van der Waals surface area contributed by atoms with Gasteiger partial charge in [-0.25, -0.2) is 14.8 Å². The molecule has 0 saturated carbocycles. The fourth-order valence-electron chi connectivity index (χ4n) is 2.40. The summed E-state index contributed by atoms with van der Waals surface area (Å²) >= 11 is 5.99. The lowest BCUT2D eigenvalue weighted by molar-refractivity contribution is 0.0220. The molecule has 0 fully saturated rings. The summed E-state index contributed by atoms with van der Waals surface area (Å²) in [5, 5.41) is 0.253. The highest BCUT2D eigenvalue weighted by Gasteiger charge is 2.28. The van der Waals surface area contributed by atoms with Crippen LogP contribution in [0.5, 0.6) is 0 Å². The molecule has 0 aromatic carbocycles. The van der Waals surface area contributed by atoms with E-state index in [0.717, 1.165) is 36.2 Å². The summed E-state index contributed by atoms with van der Waals surface area (Å²) in [5.41, 5.74) is 2.50. The smallest absolute Gasteiger partial charge is 0.410 e. The summed E-state index contributed by atoms with van der Waals surface area (Å²) in [6.07, 6.45) is 2.34. The van der Waals surface area contributed by atoms with Crippen molar-refractivity contribution in [1.82, 2.24) is 14.9 Å². The zero-order chi connectivity index (χ0) is 17.6. The Bertz CT molecular complexity index is 541. The van der Waals surface area contributed by atoms with Crippen LogP contribution in [0.2, 0.25) is 5.28 Å². The normalized spacial score (nSPS) is 13.8. The van der Waals surface area contributed by atoms with Gasteiger partial charge in [0.15, 0.2) is 0 Å². The Labute approximate surface area is 144 Å². The molecule has 1 aliphatic heterocycles. The summed E-state index contributed by atoms with van der Waals surface area (Å²) < 4.78 is 5.41. The molecule has 1 aliphatic rings. The van der Waals surface area contributed by atoms with Crippen molar-refractivity contribution in [1.29, 1.82) is 0 Å². The van der Waals surface area contributed by atoms with Gasteiger partial charge in [-0.05, 0) is 50.8 Å². The van der Waals surface area contributed by atoms with Gasteiger partial charge in [0, 0.05) is 12.2 Å². The van der Waals surface area contributed by atoms with Gasteiger partial charge in [-0.2, -0.15) is 0 Å². The minimum atomic E-state index is -0.492. The molecule has 6 heteroatoms. The van der Waals surface area contributed by atoms with E-state index in [4.69, 9.17) is 16.3 Å². The molecule has 0 saturated heterocycles. The molecule has 1 aromatic rings. The molecule has 0 radical (unpaired) electrons. The highest BCUT2D eigenvalue weighted by Crippen LogP contribution is 2.24. The Hall–Kier alpha value is -1.36. The van der Waals surface area contributed by atoms with Gasteiger partial charge in [0.2, 0.25) is 5.28 Å². The Balaban J connectivity index is 0.00000127. The maximum Gasteiger partial charge on any atom is 0.410 e. The molecule has 1 aromatic heterocycles. The Kier molecular flexibility index (Phi) is 7.26. The lowest BCUT2D eigenvalue weighted by Crippen LogP contribution is -2.40. The van der Waals surface area contributed by atoms with Crippen LogP contribution in [-0.2, 0) is 24.1 Å². The quantitative estimate of drug-likeness (QED) is 0.748. The number of amides is 1. The molecule has 2 rings (SSSR count). The van der Waals surface area contributed by atoms with Crippen molar-refractivity contribution in [3.63, 3.8) is 0 Å². The van der Waals surface area contributed by atoms with Crippen molar-refractivity contribution in [2.45, 2.75) is 73.0 Å². The van der Waals surface area contributed by atoms with Gasteiger partial charge in [0.25, 0.3) is 0 Å². The van der Waals surface area contributed by atoms with Crippen LogP contribution in [0.15, 0.2) is 0 Å². The van der Waals surface area contributed by atoms with Gasteiger partial charge in [-0.1, -0.05) is 27.2 Å². The van der Waals surface area contributed by atoms with Crippen LogP contribution in [0.3, 0.4) is 0 Å². The Morgan fingerprint density at radius 3 is 2.52 bits per heavy atom. The topological polar surface area (TPSA) is 55.3 Å². The van der Waals surface area contributed by atoms with Crippen molar-refractivity contribution >= 4 is 17.7 Å². The van der Waals surface area contributed by atoms with E-state index in [0.29, 0.717) is 13.1 Å². The third-order valence-electron chi connectivity index (χ3n) is 3.26. The predicted octanol–water partition coefficient (Wildman–Crippen LogP) is 4.40. The van der Waals surface area contributed by atoms with Crippen LogP contribution in [-0.4, -0.2) is 33.1 Å². The van der Waals surface area contributed by atoms with E-state index in [9.17, 15) is 4.79 Å². The molecular formula is C17H28ClN3O2. The number of hydrogen-bond donors (Lipinski definition) is 0. The van der Waals surface area contributed by atoms with E-state index in [1.165, 1.54) is 0 Å². The largest absolute Gasteiger partial charge is 0.444 e. The standard InChI is InChI=1S/C15H22ClN3O2.C2H6/c1-5-6-11-10-7-8-19(14(20)21-15(2,3)4)9-12(10)18-13(16)17-11;1-2/h5-9H2,1-4H3;1-2H3. The van der Waals surface area contributed by atoms with Crippen LogP contribution >= 0.6 is 11.6 Å². The summed E-state index contributed by atoms with van der Waals surface area (Å²) in [7, 11) is 0. The monoisotopic (exact) mass is 341 g/mol. The predicted molar refractivity (Wildman–Crippen MR) is 92.7 cm³/mol. The minimum absolute atomic E-state index is 0.253. The van der Waals surface area contributed by atoms with Crippen molar-refractivity contribution in [2.75, 3.05) is 6.54 Å². The third kappa shape index (κ3) is 5.65. The fourth-order valence-corrected chi connectivity index (χ4v) is 2.61. The average molecular weight is 342 g/mol. The fraction of sp³-hybridized carbons (Fsp3) is 0.706. The maximum absolute atomic E-state index is 12.1. The number of rotatable bonds is 2. The van der Waals surface area contributed by atoms with Crippen LogP contribution in [0.25, 0.3) is 0 Å². The number of nitrogens with zero attached hydrogens (tertiary/aromatic N) is 3. The molecule has 23 heavy (non-hydrogen) atoms. The average Bonchev–Trinajstić information content (AvgIpc) is 2.47. The number of halogens is 1. The molecule has 130 valence electrons. The second-order valence-corrected chi connectivity index (χ2v) is 6.60. The second kappa shape index (κ2) is 8.48. The SMILES string of the molecule is CC.CCCc1nc(Cl)nc2c1CCN(C(=O)OC(C)(C)C)C2. The van der Waals surface area contributed by atoms with Crippen LogP contribution in [0.4, 0.5) is 4.79 Å². The van der Waals surface area contributed by atoms with E-state index < -0.39 is 5.60 Å². The molecule has 0 atom stereocenters. The highest BCUT2D eigenvalue weighted by molar-refractivity contribution is 6.28. The van der Waals surface area contributed by atoms with Crippen molar-refractivity contribution in [3.8, 4) is 0 Å². The molecule has 0 aliphatic carbocycles. The number of hydrogen-bond acceptors (Lipinski definition) is 4. The first kappa shape index (κ1) is 19.7.